The van der Waals surface area contributed by atoms with E-state index in [2.05, 4.69) is 36.4 Å². The van der Waals surface area contributed by atoms with E-state index in [1.54, 1.807) is 0 Å². The van der Waals surface area contributed by atoms with Crippen molar-refractivity contribution in [1.29, 1.82) is 0 Å². The Balaban J connectivity index is 1.24. The Bertz CT molecular complexity index is 2820. The third-order valence-electron chi connectivity index (χ3n) is 9.17. The van der Waals surface area contributed by atoms with Crippen molar-refractivity contribution in [3.05, 3.63) is 158 Å². The first-order valence-electron chi connectivity index (χ1n) is 16.5. The molecule has 10 aromatic rings. The summed E-state index contributed by atoms with van der Waals surface area (Å²) in [6.07, 6.45) is 1.85. The minimum atomic E-state index is 0.575. The zero-order valence-corrected chi connectivity index (χ0v) is 26.6. The van der Waals surface area contributed by atoms with Gasteiger partial charge in [0.15, 0.2) is 23.1 Å². The number of aromatic nitrogens is 4. The van der Waals surface area contributed by atoms with Crippen molar-refractivity contribution in [2.24, 2.45) is 0 Å². The molecular formula is C44H26N4O2. The molecule has 0 aliphatic carbocycles. The van der Waals surface area contributed by atoms with E-state index in [-0.39, 0.29) is 0 Å². The summed E-state index contributed by atoms with van der Waals surface area (Å²) >= 11 is 0. The summed E-state index contributed by atoms with van der Waals surface area (Å²) < 4.78 is 12.6. The number of furan rings is 2. The largest absolute Gasteiger partial charge is 0.456 e. The van der Waals surface area contributed by atoms with Crippen molar-refractivity contribution in [1.82, 2.24) is 19.9 Å². The van der Waals surface area contributed by atoms with Gasteiger partial charge in [0.2, 0.25) is 0 Å². The quantitative estimate of drug-likeness (QED) is 0.186. The Morgan fingerprint density at radius 2 is 0.920 bits per heavy atom. The molecule has 10 rings (SSSR count). The first kappa shape index (κ1) is 28.1. The molecule has 0 atom stereocenters. The Morgan fingerprint density at radius 1 is 0.360 bits per heavy atom. The van der Waals surface area contributed by atoms with Crippen molar-refractivity contribution in [2.45, 2.75) is 0 Å². The van der Waals surface area contributed by atoms with Crippen molar-refractivity contribution < 1.29 is 8.83 Å². The maximum absolute atomic E-state index is 6.46. The van der Waals surface area contributed by atoms with Gasteiger partial charge in [-0.25, -0.2) is 15.0 Å². The van der Waals surface area contributed by atoms with Gasteiger partial charge in [-0.3, -0.25) is 4.98 Å². The van der Waals surface area contributed by atoms with Crippen LogP contribution >= 0.6 is 0 Å². The molecule has 0 aliphatic heterocycles. The lowest BCUT2D eigenvalue weighted by molar-refractivity contribution is 0.668. The van der Waals surface area contributed by atoms with Gasteiger partial charge in [0, 0.05) is 44.6 Å². The van der Waals surface area contributed by atoms with Crippen LogP contribution < -0.4 is 0 Å². The summed E-state index contributed by atoms with van der Waals surface area (Å²) in [6, 6.07) is 51.1. The maximum atomic E-state index is 6.46. The van der Waals surface area contributed by atoms with Gasteiger partial charge in [-0.1, -0.05) is 97.1 Å². The standard InChI is InChI=1S/C44H26N4O2/c1-3-11-27(12-4-1)42-46-43(28-13-5-2-6-14-28)48-44(47-42)32-24-30(29-19-20-39-36(26-29)34-15-7-9-17-37(34)49-39)23-31(25-32)33-21-22-45-40-35-16-8-10-18-38(35)50-41(33)40/h1-26H. The van der Waals surface area contributed by atoms with E-state index < -0.39 is 0 Å². The van der Waals surface area contributed by atoms with Crippen molar-refractivity contribution in [3.63, 3.8) is 0 Å². The van der Waals surface area contributed by atoms with Gasteiger partial charge in [0.1, 0.15) is 22.3 Å². The number of para-hydroxylation sites is 2. The highest BCUT2D eigenvalue weighted by atomic mass is 16.3. The zero-order valence-electron chi connectivity index (χ0n) is 26.6. The molecule has 0 radical (unpaired) electrons. The number of hydrogen-bond donors (Lipinski definition) is 0. The van der Waals surface area contributed by atoms with Crippen LogP contribution in [0.1, 0.15) is 0 Å². The number of benzene rings is 6. The lowest BCUT2D eigenvalue weighted by atomic mass is 9.95. The van der Waals surface area contributed by atoms with Gasteiger partial charge in [0.25, 0.3) is 0 Å². The Morgan fingerprint density at radius 3 is 1.64 bits per heavy atom. The van der Waals surface area contributed by atoms with Crippen LogP contribution in [-0.2, 0) is 0 Å². The number of nitrogens with zero attached hydrogens (tertiary/aromatic N) is 4. The molecule has 0 unspecified atom stereocenters. The SMILES string of the molecule is c1ccc(-c2nc(-c3ccccc3)nc(-c3cc(-c4ccc5oc6ccccc6c5c4)cc(-c4ccnc5c4oc4ccccc45)c3)n2)cc1. The number of fused-ring (bicyclic) bond motifs is 6. The predicted molar refractivity (Wildman–Crippen MR) is 199 cm³/mol. The molecule has 0 spiro atoms. The topological polar surface area (TPSA) is 77.8 Å². The van der Waals surface area contributed by atoms with Crippen LogP contribution in [0.3, 0.4) is 0 Å². The molecule has 4 aromatic heterocycles. The fourth-order valence-electron chi connectivity index (χ4n) is 6.75. The molecule has 0 aliphatic rings. The maximum Gasteiger partial charge on any atom is 0.164 e. The second-order valence-electron chi connectivity index (χ2n) is 12.3. The third kappa shape index (κ3) is 4.73. The molecule has 0 N–H and O–H groups in total. The zero-order chi connectivity index (χ0) is 33.0. The van der Waals surface area contributed by atoms with Crippen molar-refractivity contribution >= 4 is 44.0 Å². The molecule has 6 heteroatoms. The fourth-order valence-corrected chi connectivity index (χ4v) is 6.75. The average molecular weight is 643 g/mol. The molecule has 6 aromatic carbocycles. The normalized spacial score (nSPS) is 11.6. The van der Waals surface area contributed by atoms with Crippen LogP contribution in [0.4, 0.5) is 0 Å². The second-order valence-corrected chi connectivity index (χ2v) is 12.3. The van der Waals surface area contributed by atoms with Crippen LogP contribution in [0, 0.1) is 0 Å². The number of pyridine rings is 1. The summed E-state index contributed by atoms with van der Waals surface area (Å²) in [5.74, 6) is 1.79. The summed E-state index contributed by atoms with van der Waals surface area (Å²) in [6.45, 7) is 0. The van der Waals surface area contributed by atoms with E-state index in [0.717, 1.165) is 83.0 Å². The average Bonchev–Trinajstić information content (AvgIpc) is 3.76. The van der Waals surface area contributed by atoms with E-state index >= 15 is 0 Å². The minimum absolute atomic E-state index is 0.575. The van der Waals surface area contributed by atoms with Crippen LogP contribution in [-0.4, -0.2) is 19.9 Å². The molecule has 234 valence electrons. The monoisotopic (exact) mass is 642 g/mol. The van der Waals surface area contributed by atoms with Crippen LogP contribution in [0.25, 0.3) is 100 Å². The molecule has 4 heterocycles. The summed E-state index contributed by atoms with van der Waals surface area (Å²) in [5, 5.41) is 3.12. The Hall–Kier alpha value is -6.92. The molecule has 6 nitrogen and oxygen atoms in total. The van der Waals surface area contributed by atoms with Gasteiger partial charge in [-0.2, -0.15) is 0 Å². The minimum Gasteiger partial charge on any atom is -0.456 e. The highest BCUT2D eigenvalue weighted by molar-refractivity contribution is 6.08. The Labute approximate surface area is 286 Å². The number of hydrogen-bond acceptors (Lipinski definition) is 6. The molecule has 0 saturated heterocycles. The lowest BCUT2D eigenvalue weighted by Gasteiger charge is -2.13. The first-order chi connectivity index (χ1) is 24.7. The molecule has 0 amide bonds. The lowest BCUT2D eigenvalue weighted by Crippen LogP contribution is -2.00. The predicted octanol–water partition coefficient (Wildman–Crippen LogP) is 11.4. The van der Waals surface area contributed by atoms with Gasteiger partial charge < -0.3 is 8.83 Å². The summed E-state index contributed by atoms with van der Waals surface area (Å²) in [5.41, 5.74) is 10.7. The summed E-state index contributed by atoms with van der Waals surface area (Å²) in [4.78, 5) is 19.8. The van der Waals surface area contributed by atoms with E-state index in [1.165, 1.54) is 0 Å². The molecule has 0 fully saturated rings. The van der Waals surface area contributed by atoms with E-state index in [9.17, 15) is 0 Å². The number of rotatable bonds is 5. The smallest absolute Gasteiger partial charge is 0.164 e. The first-order valence-corrected chi connectivity index (χ1v) is 16.5. The van der Waals surface area contributed by atoms with Crippen molar-refractivity contribution in [2.75, 3.05) is 0 Å². The van der Waals surface area contributed by atoms with Gasteiger partial charge >= 0.3 is 0 Å². The Kier molecular flexibility index (Phi) is 6.39. The van der Waals surface area contributed by atoms with E-state index in [1.807, 2.05) is 121 Å². The van der Waals surface area contributed by atoms with E-state index in [0.29, 0.717) is 17.5 Å². The molecule has 50 heavy (non-hydrogen) atoms. The van der Waals surface area contributed by atoms with Crippen LogP contribution in [0.2, 0.25) is 0 Å². The van der Waals surface area contributed by atoms with Gasteiger partial charge in [-0.05, 0) is 71.3 Å². The van der Waals surface area contributed by atoms with E-state index in [4.69, 9.17) is 28.8 Å². The third-order valence-corrected chi connectivity index (χ3v) is 9.17. The van der Waals surface area contributed by atoms with Crippen LogP contribution in [0.15, 0.2) is 167 Å². The molecule has 0 bridgehead atoms. The summed E-state index contributed by atoms with van der Waals surface area (Å²) in [7, 11) is 0. The van der Waals surface area contributed by atoms with Crippen molar-refractivity contribution in [3.8, 4) is 56.4 Å². The fraction of sp³-hybridized carbons (Fsp3) is 0. The van der Waals surface area contributed by atoms with Gasteiger partial charge in [-0.15, -0.1) is 0 Å². The second kappa shape index (κ2) is 11.4. The highest BCUT2D eigenvalue weighted by Crippen LogP contribution is 2.39. The van der Waals surface area contributed by atoms with Crippen LogP contribution in [0.5, 0.6) is 0 Å². The van der Waals surface area contributed by atoms with Gasteiger partial charge in [0.05, 0.1) is 0 Å². The molecular weight excluding hydrogens is 617 g/mol. The highest BCUT2D eigenvalue weighted by Gasteiger charge is 2.18. The molecule has 0 saturated carbocycles.